The van der Waals surface area contributed by atoms with Crippen LogP contribution in [-0.2, 0) is 13.0 Å². The maximum absolute atomic E-state index is 14.5. The zero-order valence-corrected chi connectivity index (χ0v) is 22.9. The maximum Gasteiger partial charge on any atom is 0.276 e. The van der Waals surface area contributed by atoms with Gasteiger partial charge in [0.05, 0.1) is 31.9 Å². The molecule has 3 N–H and O–H groups in total. The number of hydrogen-bond acceptors (Lipinski definition) is 8. The van der Waals surface area contributed by atoms with E-state index in [1.165, 1.54) is 24.5 Å². The van der Waals surface area contributed by atoms with Crippen LogP contribution in [0.2, 0.25) is 0 Å². The highest BCUT2D eigenvalue weighted by Gasteiger charge is 2.35. The van der Waals surface area contributed by atoms with Gasteiger partial charge in [0, 0.05) is 13.1 Å². The number of ether oxygens (including phenoxy) is 3. The summed E-state index contributed by atoms with van der Waals surface area (Å²) >= 11 is 0. The second-order valence-electron chi connectivity index (χ2n) is 9.95. The summed E-state index contributed by atoms with van der Waals surface area (Å²) in [6.45, 7) is 1.01. The van der Waals surface area contributed by atoms with Gasteiger partial charge in [0.25, 0.3) is 11.8 Å². The molecule has 0 radical (unpaired) electrons. The highest BCUT2D eigenvalue weighted by Crippen LogP contribution is 2.41. The molecule has 0 saturated carbocycles. The van der Waals surface area contributed by atoms with Crippen molar-refractivity contribution in [3.8, 4) is 23.0 Å². The number of carbonyl (C=O) groups excluding carboxylic acids is 2. The fourth-order valence-electron chi connectivity index (χ4n) is 5.30. The molecule has 3 aromatic carbocycles. The van der Waals surface area contributed by atoms with Crippen molar-refractivity contribution in [3.05, 3.63) is 101 Å². The molecule has 42 heavy (non-hydrogen) atoms. The van der Waals surface area contributed by atoms with Crippen LogP contribution in [0.25, 0.3) is 0 Å². The zero-order valence-electron chi connectivity index (χ0n) is 22.9. The first-order valence-electron chi connectivity index (χ1n) is 13.6. The number of hydrogen-bond donors (Lipinski definition) is 2. The van der Waals surface area contributed by atoms with Crippen molar-refractivity contribution in [2.24, 2.45) is 5.73 Å². The Bertz CT molecular complexity index is 1650. The molecule has 0 spiro atoms. The SMILES string of the molecule is COc1ccc2cc1OCCCNC(=O)c1cc(ccc1F)Oc1ccc3c(c1)CCN(C(=O)c1coc(CN)n1)C23. The van der Waals surface area contributed by atoms with Crippen molar-refractivity contribution < 1.29 is 32.6 Å². The Morgan fingerprint density at radius 3 is 2.81 bits per heavy atom. The Hall–Kier alpha value is -4.90. The number of amides is 2. The fraction of sp³-hybridized carbons (Fsp3) is 0.258. The quantitative estimate of drug-likeness (QED) is 0.370. The molecular formula is C31H29FN4O6. The molecule has 10 nitrogen and oxygen atoms in total. The molecule has 3 aliphatic rings. The molecule has 0 saturated heterocycles. The van der Waals surface area contributed by atoms with E-state index in [0.717, 1.165) is 16.7 Å². The van der Waals surface area contributed by atoms with Gasteiger partial charge in [0.1, 0.15) is 23.6 Å². The van der Waals surface area contributed by atoms with Crippen molar-refractivity contribution in [1.82, 2.24) is 15.2 Å². The molecule has 1 unspecified atom stereocenters. The fourth-order valence-corrected chi connectivity index (χ4v) is 5.30. The van der Waals surface area contributed by atoms with Crippen LogP contribution in [0, 0.1) is 5.82 Å². The summed E-state index contributed by atoms with van der Waals surface area (Å²) < 4.78 is 37.5. The van der Waals surface area contributed by atoms with Crippen LogP contribution in [0.1, 0.15) is 55.9 Å². The topological polar surface area (TPSA) is 129 Å². The Labute approximate surface area is 241 Å². The molecule has 7 rings (SSSR count). The first-order chi connectivity index (χ1) is 20.4. The third kappa shape index (κ3) is 5.26. The minimum atomic E-state index is -0.643. The number of benzene rings is 3. The average molecular weight is 573 g/mol. The number of halogens is 1. The lowest BCUT2D eigenvalue weighted by Gasteiger charge is -2.37. The number of nitrogens with zero attached hydrogens (tertiary/aromatic N) is 2. The summed E-state index contributed by atoms with van der Waals surface area (Å²) in [6.07, 6.45) is 2.34. The van der Waals surface area contributed by atoms with Crippen molar-refractivity contribution in [1.29, 1.82) is 0 Å². The standard InChI is InChI=1S/C31H29FN4O6/c1-39-26-8-3-19-14-27(26)40-12-2-10-34-30(37)23-15-21(5-7-24(23)32)42-20-4-6-22-18(13-20)9-11-36(29(19)22)31(38)25-17-41-28(16-33)35-25/h3-8,13-15,17,29H,2,9-12,16,33H2,1H3,(H,34,37). The number of nitrogens with two attached hydrogens (primary N) is 1. The molecule has 2 amide bonds. The minimum Gasteiger partial charge on any atom is -0.493 e. The lowest BCUT2D eigenvalue weighted by molar-refractivity contribution is 0.0687. The minimum absolute atomic E-state index is 0.0841. The van der Waals surface area contributed by atoms with Crippen molar-refractivity contribution in [2.75, 3.05) is 26.8 Å². The summed E-state index contributed by atoms with van der Waals surface area (Å²) in [5.41, 5.74) is 8.42. The predicted molar refractivity (Wildman–Crippen MR) is 149 cm³/mol. The molecule has 1 aromatic heterocycles. The Morgan fingerprint density at radius 2 is 2.00 bits per heavy atom. The van der Waals surface area contributed by atoms with E-state index in [1.807, 2.05) is 24.3 Å². The lowest BCUT2D eigenvalue weighted by Crippen LogP contribution is -2.40. The molecule has 1 atom stereocenters. The second-order valence-corrected chi connectivity index (χ2v) is 9.95. The van der Waals surface area contributed by atoms with Crippen molar-refractivity contribution in [3.63, 3.8) is 0 Å². The number of aromatic nitrogens is 1. The molecule has 0 fully saturated rings. The van der Waals surface area contributed by atoms with Gasteiger partial charge in [-0.1, -0.05) is 12.1 Å². The summed E-state index contributed by atoms with van der Waals surface area (Å²) in [6, 6.07) is 14.8. The number of carbonyl (C=O) groups is 2. The van der Waals surface area contributed by atoms with Gasteiger partial charge in [0.15, 0.2) is 17.2 Å². The number of fused-ring (bicyclic) bond motifs is 6. The Balaban J connectivity index is 1.45. The van der Waals surface area contributed by atoms with Crippen LogP contribution in [0.5, 0.6) is 23.0 Å². The molecule has 4 aromatic rings. The van der Waals surface area contributed by atoms with Gasteiger partial charge < -0.3 is 34.6 Å². The molecule has 3 aliphatic heterocycles. The van der Waals surface area contributed by atoms with Gasteiger partial charge in [-0.2, -0.15) is 0 Å². The van der Waals surface area contributed by atoms with E-state index in [9.17, 15) is 14.0 Å². The molecule has 4 heterocycles. The van der Waals surface area contributed by atoms with E-state index in [2.05, 4.69) is 10.3 Å². The highest BCUT2D eigenvalue weighted by atomic mass is 19.1. The summed E-state index contributed by atoms with van der Waals surface area (Å²) in [5, 5.41) is 2.73. The smallest absolute Gasteiger partial charge is 0.276 e. The van der Waals surface area contributed by atoms with Crippen molar-refractivity contribution >= 4 is 11.8 Å². The molecule has 0 aliphatic carbocycles. The Kier molecular flexibility index (Phi) is 7.49. The molecular weight excluding hydrogens is 543 g/mol. The first-order valence-corrected chi connectivity index (χ1v) is 13.6. The van der Waals surface area contributed by atoms with Gasteiger partial charge in [-0.25, -0.2) is 9.37 Å². The maximum atomic E-state index is 14.5. The molecule has 216 valence electrons. The predicted octanol–water partition coefficient (Wildman–Crippen LogP) is 4.37. The number of methoxy groups -OCH3 is 1. The van der Waals surface area contributed by atoms with E-state index in [1.54, 1.807) is 24.1 Å². The van der Waals surface area contributed by atoms with Crippen molar-refractivity contribution in [2.45, 2.75) is 25.4 Å². The van der Waals surface area contributed by atoms with Gasteiger partial charge >= 0.3 is 0 Å². The van der Waals surface area contributed by atoms with Gasteiger partial charge in [0.2, 0.25) is 5.89 Å². The van der Waals surface area contributed by atoms with Crippen LogP contribution in [0.3, 0.4) is 0 Å². The number of nitrogens with one attached hydrogen (secondary N) is 1. The first kappa shape index (κ1) is 27.3. The van der Waals surface area contributed by atoms with Crippen LogP contribution < -0.4 is 25.3 Å². The van der Waals surface area contributed by atoms with E-state index in [-0.39, 0.29) is 42.8 Å². The van der Waals surface area contributed by atoms with Crippen LogP contribution in [0.15, 0.2) is 65.3 Å². The van der Waals surface area contributed by atoms with Crippen LogP contribution in [0.4, 0.5) is 4.39 Å². The largest absolute Gasteiger partial charge is 0.493 e. The third-order valence-corrected chi connectivity index (χ3v) is 7.33. The van der Waals surface area contributed by atoms with E-state index < -0.39 is 17.8 Å². The Morgan fingerprint density at radius 1 is 1.17 bits per heavy atom. The van der Waals surface area contributed by atoms with E-state index in [0.29, 0.717) is 42.4 Å². The third-order valence-electron chi connectivity index (χ3n) is 7.33. The zero-order chi connectivity index (χ0) is 29.2. The van der Waals surface area contributed by atoms with Crippen LogP contribution >= 0.6 is 0 Å². The summed E-state index contributed by atoms with van der Waals surface area (Å²) in [5.74, 6) is 0.682. The summed E-state index contributed by atoms with van der Waals surface area (Å²) in [7, 11) is 1.55. The average Bonchev–Trinajstić information content (AvgIpc) is 3.50. The van der Waals surface area contributed by atoms with Gasteiger partial charge in [-0.3, -0.25) is 9.59 Å². The highest BCUT2D eigenvalue weighted by molar-refractivity contribution is 5.95. The monoisotopic (exact) mass is 572 g/mol. The van der Waals surface area contributed by atoms with E-state index >= 15 is 0 Å². The van der Waals surface area contributed by atoms with Gasteiger partial charge in [-0.15, -0.1) is 0 Å². The normalized spacial score (nSPS) is 16.5. The number of oxazole rings is 1. The summed E-state index contributed by atoms with van der Waals surface area (Å²) in [4.78, 5) is 32.5. The van der Waals surface area contributed by atoms with Gasteiger partial charge in [-0.05, 0) is 72.0 Å². The van der Waals surface area contributed by atoms with E-state index in [4.69, 9.17) is 24.4 Å². The van der Waals surface area contributed by atoms with Crippen LogP contribution in [-0.4, -0.2) is 48.5 Å². The lowest BCUT2D eigenvalue weighted by atomic mass is 9.87. The second kappa shape index (κ2) is 11.5. The number of rotatable bonds is 3. The molecule has 11 heteroatoms. The molecule has 8 bridgehead atoms.